The van der Waals surface area contributed by atoms with E-state index in [0.29, 0.717) is 18.3 Å². The number of carboxylic acid groups (broad SMARTS) is 1. The van der Waals surface area contributed by atoms with Crippen molar-refractivity contribution in [3.05, 3.63) is 34.4 Å². The molecule has 2 aromatic rings. The first kappa shape index (κ1) is 20.5. The summed E-state index contributed by atoms with van der Waals surface area (Å²) in [5.41, 5.74) is 16.4. The first-order chi connectivity index (χ1) is 13.0. The Kier molecular flexibility index (Phi) is 7.04. The maximum absolute atomic E-state index is 10.8. The lowest BCUT2D eigenvalue weighted by Gasteiger charge is -2.03. The number of aryl methyl sites for hydroxylation is 1. The summed E-state index contributed by atoms with van der Waals surface area (Å²) in [4.78, 5) is 14.0. The van der Waals surface area contributed by atoms with Crippen molar-refractivity contribution in [2.24, 2.45) is 5.73 Å². The normalized spacial score (nSPS) is 14.0. The Labute approximate surface area is 159 Å². The highest BCUT2D eigenvalue weighted by Gasteiger charge is 2.28. The number of nitrogens with one attached hydrogen (secondary N) is 1. The summed E-state index contributed by atoms with van der Waals surface area (Å²) in [6.07, 6.45) is 8.32. The number of carbonyl (C=O) groups is 1. The maximum atomic E-state index is 10.8. The molecular formula is C19H30N6O2. The van der Waals surface area contributed by atoms with Gasteiger partial charge >= 0.3 is 5.97 Å². The van der Waals surface area contributed by atoms with Gasteiger partial charge in [-0.2, -0.15) is 0 Å². The summed E-state index contributed by atoms with van der Waals surface area (Å²) in [7, 11) is 0. The topological polar surface area (TPSA) is 136 Å². The highest BCUT2D eigenvalue weighted by molar-refractivity contribution is 5.84. The predicted octanol–water partition coefficient (Wildman–Crippen LogP) is 3.27. The third-order valence-corrected chi connectivity index (χ3v) is 4.54. The molecule has 0 saturated heterocycles. The molecule has 0 spiro atoms. The monoisotopic (exact) mass is 374 g/mol. The number of nitrogen functional groups attached to an aromatic ring is 1. The van der Waals surface area contributed by atoms with Gasteiger partial charge in [-0.3, -0.25) is 4.68 Å². The molecule has 8 nitrogen and oxygen atoms in total. The molecule has 3 rings (SSSR count). The molecule has 2 aromatic heterocycles. The fourth-order valence-corrected chi connectivity index (χ4v) is 2.99. The van der Waals surface area contributed by atoms with Crippen LogP contribution < -0.4 is 11.5 Å². The molecule has 0 amide bonds. The molecule has 1 saturated carbocycles. The van der Waals surface area contributed by atoms with E-state index >= 15 is 0 Å². The molecule has 0 bridgehead atoms. The van der Waals surface area contributed by atoms with Gasteiger partial charge in [0.2, 0.25) is 0 Å². The maximum Gasteiger partial charge on any atom is 0.358 e. The summed E-state index contributed by atoms with van der Waals surface area (Å²) in [6, 6.07) is 0. The minimum absolute atomic E-state index is 0.0377. The molecule has 0 atom stereocenters. The van der Waals surface area contributed by atoms with Crippen molar-refractivity contribution >= 4 is 17.9 Å². The lowest BCUT2D eigenvalue weighted by Crippen LogP contribution is -2.02. The Balaban J connectivity index is 0.00000126. The van der Waals surface area contributed by atoms with Crippen LogP contribution in [-0.2, 0) is 6.54 Å². The molecule has 0 radical (unpaired) electrons. The first-order valence-electron chi connectivity index (χ1n) is 9.53. The van der Waals surface area contributed by atoms with Crippen LogP contribution in [0.1, 0.15) is 79.2 Å². The van der Waals surface area contributed by atoms with E-state index in [2.05, 4.69) is 22.2 Å². The van der Waals surface area contributed by atoms with Gasteiger partial charge in [0.25, 0.3) is 0 Å². The number of H-pyrrole nitrogens is 1. The molecule has 1 aliphatic carbocycles. The Morgan fingerprint density at radius 3 is 2.70 bits per heavy atom. The van der Waals surface area contributed by atoms with E-state index in [1.807, 2.05) is 19.9 Å². The average Bonchev–Trinajstić information content (AvgIpc) is 3.32. The highest BCUT2D eigenvalue weighted by atomic mass is 16.4. The number of nitrogens with zero attached hydrogens (tertiary/aromatic N) is 3. The summed E-state index contributed by atoms with van der Waals surface area (Å²) < 4.78 is 1.54. The second kappa shape index (κ2) is 9.25. The standard InChI is InChI=1S/C17H24N6O2.C2H6/c1-10-13(16(19)20-15(10)11-5-6-11)8-12(18)4-2-3-7-23-9-14(17(24)25)21-22-23;1-2/h8-9,11,20H,2-7,18-19H2,1H3,(H,24,25);1-2H3/b12-8-;. The zero-order valence-electron chi connectivity index (χ0n) is 16.3. The summed E-state index contributed by atoms with van der Waals surface area (Å²) in [6.45, 7) is 6.70. The Hall–Kier alpha value is -2.77. The smallest absolute Gasteiger partial charge is 0.358 e. The lowest BCUT2D eigenvalue weighted by atomic mass is 10.1. The molecule has 8 heteroatoms. The van der Waals surface area contributed by atoms with E-state index in [-0.39, 0.29) is 5.69 Å². The van der Waals surface area contributed by atoms with E-state index in [1.54, 1.807) is 4.68 Å². The Morgan fingerprint density at radius 1 is 1.41 bits per heavy atom. The number of hydrogen-bond donors (Lipinski definition) is 4. The van der Waals surface area contributed by atoms with Gasteiger partial charge in [0, 0.05) is 23.5 Å². The van der Waals surface area contributed by atoms with Gasteiger partial charge in [0.05, 0.1) is 6.20 Å². The molecule has 0 unspecified atom stereocenters. The van der Waals surface area contributed by atoms with Crippen molar-refractivity contribution < 1.29 is 9.90 Å². The van der Waals surface area contributed by atoms with E-state index in [0.717, 1.165) is 30.5 Å². The number of aromatic nitrogens is 4. The Morgan fingerprint density at radius 2 is 2.11 bits per heavy atom. The van der Waals surface area contributed by atoms with Crippen molar-refractivity contribution in [3.63, 3.8) is 0 Å². The predicted molar refractivity (Wildman–Crippen MR) is 106 cm³/mol. The van der Waals surface area contributed by atoms with Crippen LogP contribution in [0.4, 0.5) is 5.82 Å². The number of hydrogen-bond acceptors (Lipinski definition) is 5. The molecule has 6 N–H and O–H groups in total. The first-order valence-corrected chi connectivity index (χ1v) is 9.53. The van der Waals surface area contributed by atoms with Crippen molar-refractivity contribution in [3.8, 4) is 0 Å². The van der Waals surface area contributed by atoms with E-state index in [9.17, 15) is 4.79 Å². The minimum atomic E-state index is -1.07. The van der Waals surface area contributed by atoms with Gasteiger partial charge < -0.3 is 21.6 Å². The molecule has 0 aliphatic heterocycles. The van der Waals surface area contributed by atoms with Gasteiger partial charge in [0.15, 0.2) is 5.69 Å². The van der Waals surface area contributed by atoms with Gasteiger partial charge in [-0.1, -0.05) is 19.1 Å². The molecule has 2 heterocycles. The lowest BCUT2D eigenvalue weighted by molar-refractivity contribution is 0.0690. The molecule has 0 aromatic carbocycles. The summed E-state index contributed by atoms with van der Waals surface area (Å²) in [5.74, 6) is 0.249. The molecule has 1 fully saturated rings. The summed E-state index contributed by atoms with van der Waals surface area (Å²) >= 11 is 0. The zero-order chi connectivity index (χ0) is 20.0. The second-order valence-corrected chi connectivity index (χ2v) is 6.61. The van der Waals surface area contributed by atoms with Crippen LogP contribution in [0.2, 0.25) is 0 Å². The fraction of sp³-hybridized carbons (Fsp3) is 0.526. The van der Waals surface area contributed by atoms with Crippen LogP contribution in [-0.4, -0.2) is 31.1 Å². The largest absolute Gasteiger partial charge is 0.476 e. The Bertz CT molecular complexity index is 801. The molecular weight excluding hydrogens is 344 g/mol. The summed E-state index contributed by atoms with van der Waals surface area (Å²) in [5, 5.41) is 16.2. The number of nitrogens with two attached hydrogens (primary N) is 2. The third kappa shape index (κ3) is 5.35. The van der Waals surface area contributed by atoms with Gasteiger partial charge in [-0.05, 0) is 56.6 Å². The second-order valence-electron chi connectivity index (χ2n) is 6.61. The fourth-order valence-electron chi connectivity index (χ4n) is 2.99. The van der Waals surface area contributed by atoms with Crippen LogP contribution in [0.15, 0.2) is 11.9 Å². The number of rotatable bonds is 8. The number of unbranched alkanes of at least 4 members (excludes halogenated alkanes) is 1. The number of anilines is 1. The number of allylic oxidation sites excluding steroid dienone is 1. The van der Waals surface area contributed by atoms with Gasteiger partial charge in [-0.15, -0.1) is 5.10 Å². The van der Waals surface area contributed by atoms with Crippen LogP contribution in [0.3, 0.4) is 0 Å². The van der Waals surface area contributed by atoms with Crippen LogP contribution >= 0.6 is 0 Å². The molecule has 1 aliphatic rings. The number of aromatic amines is 1. The van der Waals surface area contributed by atoms with E-state index < -0.39 is 5.97 Å². The van der Waals surface area contributed by atoms with E-state index in [4.69, 9.17) is 16.6 Å². The van der Waals surface area contributed by atoms with Crippen molar-refractivity contribution in [1.29, 1.82) is 0 Å². The quantitative estimate of drug-likeness (QED) is 0.524. The van der Waals surface area contributed by atoms with Crippen molar-refractivity contribution in [2.45, 2.75) is 65.3 Å². The van der Waals surface area contributed by atoms with Crippen LogP contribution in [0.25, 0.3) is 6.08 Å². The highest BCUT2D eigenvalue weighted by Crippen LogP contribution is 2.43. The zero-order valence-corrected chi connectivity index (χ0v) is 16.3. The van der Waals surface area contributed by atoms with Crippen LogP contribution in [0.5, 0.6) is 0 Å². The van der Waals surface area contributed by atoms with Gasteiger partial charge in [-0.25, -0.2) is 4.79 Å². The van der Waals surface area contributed by atoms with E-state index in [1.165, 1.54) is 30.3 Å². The number of carboxylic acids is 1. The third-order valence-electron chi connectivity index (χ3n) is 4.54. The van der Waals surface area contributed by atoms with Crippen molar-refractivity contribution in [1.82, 2.24) is 20.0 Å². The SMILES string of the molecule is CC.Cc1c(C2CC2)[nH]c(N)c1/C=C(\N)CCCCn1cc(C(=O)O)nn1. The van der Waals surface area contributed by atoms with Crippen LogP contribution in [0, 0.1) is 6.92 Å². The molecule has 27 heavy (non-hydrogen) atoms. The number of aromatic carboxylic acids is 1. The van der Waals surface area contributed by atoms with Gasteiger partial charge in [0.1, 0.15) is 5.82 Å². The van der Waals surface area contributed by atoms with Crippen molar-refractivity contribution in [2.75, 3.05) is 5.73 Å². The minimum Gasteiger partial charge on any atom is -0.476 e. The molecule has 148 valence electrons. The average molecular weight is 374 g/mol.